The first kappa shape index (κ1) is 36.0. The Bertz CT molecular complexity index is 3270. The van der Waals surface area contributed by atoms with Gasteiger partial charge >= 0.3 is 0 Å². The van der Waals surface area contributed by atoms with Gasteiger partial charge in [0.2, 0.25) is 0 Å². The second-order valence-corrected chi connectivity index (χ2v) is 15.3. The fraction of sp³-hybridized carbons (Fsp3) is 0. The molecule has 0 bridgehead atoms. The molecule has 3 nitrogen and oxygen atoms in total. The zero-order valence-electron chi connectivity index (χ0n) is 33.4. The summed E-state index contributed by atoms with van der Waals surface area (Å²) in [5, 5.41) is 4.36. The van der Waals surface area contributed by atoms with E-state index in [1.54, 1.807) is 0 Å². The standard InChI is InChI=1S/C58H40N2O/c1-6-18-41(19-7-1)42-30-33-48(34-31-42)60(47-27-14-5-15-28-47)55-39-50(40-56-57(55)53-36-32-45-24-16-17-29-52(45)58(53)61-56)59(46-25-12-4-13-26-46)49-35-37-51(43-20-8-2-9-21-43)54(38-49)44-22-10-3-11-23-44/h1-40H. The minimum atomic E-state index is 0.811. The van der Waals surface area contributed by atoms with Gasteiger partial charge in [0.1, 0.15) is 11.2 Å². The van der Waals surface area contributed by atoms with Crippen molar-refractivity contribution in [1.82, 2.24) is 0 Å². The molecule has 10 aromatic carbocycles. The van der Waals surface area contributed by atoms with Crippen molar-refractivity contribution in [3.05, 3.63) is 243 Å². The molecule has 1 aromatic heterocycles. The molecule has 0 aliphatic heterocycles. The monoisotopic (exact) mass is 780 g/mol. The summed E-state index contributed by atoms with van der Waals surface area (Å²) in [5.41, 5.74) is 14.9. The van der Waals surface area contributed by atoms with Crippen molar-refractivity contribution in [1.29, 1.82) is 0 Å². The Morgan fingerprint density at radius 3 is 1.46 bits per heavy atom. The van der Waals surface area contributed by atoms with E-state index in [-0.39, 0.29) is 0 Å². The van der Waals surface area contributed by atoms with E-state index in [4.69, 9.17) is 4.42 Å². The number of fused-ring (bicyclic) bond motifs is 5. The molecule has 0 aliphatic rings. The molecule has 0 fully saturated rings. The molecule has 288 valence electrons. The molecule has 0 spiro atoms. The molecule has 3 heteroatoms. The van der Waals surface area contributed by atoms with Gasteiger partial charge in [-0.2, -0.15) is 0 Å². The molecule has 0 radical (unpaired) electrons. The van der Waals surface area contributed by atoms with Gasteiger partial charge in [-0.25, -0.2) is 0 Å². The fourth-order valence-electron chi connectivity index (χ4n) is 8.76. The Morgan fingerprint density at radius 1 is 0.295 bits per heavy atom. The van der Waals surface area contributed by atoms with Gasteiger partial charge in [-0.05, 0) is 99.4 Å². The SMILES string of the molecule is c1ccc(-c2ccc(N(c3ccccc3)c3cc(N(c4ccccc4)c4ccc(-c5ccccc5)c(-c5ccccc5)c4)cc4oc5c6ccccc6ccc5c34)cc2)cc1. The van der Waals surface area contributed by atoms with Gasteiger partial charge in [-0.1, -0.05) is 176 Å². The third-order valence-electron chi connectivity index (χ3n) is 11.6. The molecule has 0 atom stereocenters. The molecule has 0 unspecified atom stereocenters. The van der Waals surface area contributed by atoms with Crippen molar-refractivity contribution in [2.75, 3.05) is 9.80 Å². The fourth-order valence-corrected chi connectivity index (χ4v) is 8.76. The van der Waals surface area contributed by atoms with Crippen molar-refractivity contribution in [3.8, 4) is 33.4 Å². The van der Waals surface area contributed by atoms with Crippen LogP contribution in [0, 0.1) is 0 Å². The van der Waals surface area contributed by atoms with Crippen molar-refractivity contribution in [2.24, 2.45) is 0 Å². The Hall–Kier alpha value is -8.14. The van der Waals surface area contributed by atoms with Gasteiger partial charge < -0.3 is 14.2 Å². The Balaban J connectivity index is 1.19. The van der Waals surface area contributed by atoms with Gasteiger partial charge in [0, 0.05) is 39.6 Å². The van der Waals surface area contributed by atoms with Crippen LogP contribution in [0.2, 0.25) is 0 Å². The van der Waals surface area contributed by atoms with E-state index < -0.39 is 0 Å². The number of furan rings is 1. The largest absolute Gasteiger partial charge is 0.455 e. The summed E-state index contributed by atoms with van der Waals surface area (Å²) in [7, 11) is 0. The maximum absolute atomic E-state index is 7.08. The topological polar surface area (TPSA) is 19.6 Å². The minimum Gasteiger partial charge on any atom is -0.455 e. The highest BCUT2D eigenvalue weighted by atomic mass is 16.3. The van der Waals surface area contributed by atoms with Crippen LogP contribution in [0.4, 0.5) is 34.1 Å². The summed E-state index contributed by atoms with van der Waals surface area (Å²) in [5.74, 6) is 0. The number of para-hydroxylation sites is 2. The van der Waals surface area contributed by atoms with E-state index in [0.717, 1.165) is 78.0 Å². The number of rotatable bonds is 9. The van der Waals surface area contributed by atoms with Crippen molar-refractivity contribution in [3.63, 3.8) is 0 Å². The van der Waals surface area contributed by atoms with E-state index in [1.807, 2.05) is 0 Å². The smallest absolute Gasteiger partial charge is 0.143 e. The highest BCUT2D eigenvalue weighted by Gasteiger charge is 2.25. The summed E-state index contributed by atoms with van der Waals surface area (Å²) < 4.78 is 7.08. The summed E-state index contributed by atoms with van der Waals surface area (Å²) in [6.45, 7) is 0. The minimum absolute atomic E-state index is 0.811. The number of nitrogens with zero attached hydrogens (tertiary/aromatic N) is 2. The lowest BCUT2D eigenvalue weighted by atomic mass is 9.93. The molecule has 0 aliphatic carbocycles. The summed E-state index contributed by atoms with van der Waals surface area (Å²) in [6, 6.07) is 86.4. The van der Waals surface area contributed by atoms with Crippen molar-refractivity contribution >= 4 is 66.8 Å². The number of benzene rings is 10. The zero-order chi connectivity index (χ0) is 40.5. The van der Waals surface area contributed by atoms with Crippen LogP contribution in [-0.4, -0.2) is 0 Å². The van der Waals surface area contributed by atoms with Crippen LogP contribution in [0.5, 0.6) is 0 Å². The third-order valence-corrected chi connectivity index (χ3v) is 11.6. The average Bonchev–Trinajstić information content (AvgIpc) is 3.73. The first-order valence-corrected chi connectivity index (χ1v) is 20.8. The van der Waals surface area contributed by atoms with Gasteiger partial charge in [-0.15, -0.1) is 0 Å². The van der Waals surface area contributed by atoms with Crippen molar-refractivity contribution in [2.45, 2.75) is 0 Å². The van der Waals surface area contributed by atoms with E-state index in [2.05, 4.69) is 252 Å². The molecule has 1 heterocycles. The second-order valence-electron chi connectivity index (χ2n) is 15.3. The van der Waals surface area contributed by atoms with E-state index in [1.165, 1.54) is 22.3 Å². The molecule has 0 N–H and O–H groups in total. The Morgan fingerprint density at radius 2 is 0.803 bits per heavy atom. The predicted molar refractivity (Wildman–Crippen MR) is 257 cm³/mol. The molecular formula is C58H40N2O. The highest BCUT2D eigenvalue weighted by Crippen LogP contribution is 2.49. The van der Waals surface area contributed by atoms with Crippen molar-refractivity contribution < 1.29 is 4.42 Å². The van der Waals surface area contributed by atoms with Crippen LogP contribution in [0.3, 0.4) is 0 Å². The lowest BCUT2D eigenvalue weighted by Crippen LogP contribution is -2.13. The van der Waals surface area contributed by atoms with Gasteiger partial charge in [0.15, 0.2) is 0 Å². The molecule has 0 amide bonds. The van der Waals surface area contributed by atoms with E-state index in [9.17, 15) is 0 Å². The molecule has 0 saturated heterocycles. The zero-order valence-corrected chi connectivity index (χ0v) is 33.4. The lowest BCUT2D eigenvalue weighted by molar-refractivity contribution is 0.673. The van der Waals surface area contributed by atoms with Gasteiger partial charge in [-0.3, -0.25) is 0 Å². The normalized spacial score (nSPS) is 11.3. The lowest BCUT2D eigenvalue weighted by Gasteiger charge is -2.30. The van der Waals surface area contributed by atoms with E-state index >= 15 is 0 Å². The summed E-state index contributed by atoms with van der Waals surface area (Å²) >= 11 is 0. The maximum atomic E-state index is 7.08. The van der Waals surface area contributed by atoms with Gasteiger partial charge in [0.05, 0.1) is 16.8 Å². The molecule has 11 aromatic rings. The Kier molecular flexibility index (Phi) is 9.18. The first-order valence-electron chi connectivity index (χ1n) is 20.8. The van der Waals surface area contributed by atoms with Crippen LogP contribution in [0.15, 0.2) is 247 Å². The highest BCUT2D eigenvalue weighted by molar-refractivity contribution is 6.20. The number of anilines is 6. The third kappa shape index (κ3) is 6.69. The molecule has 0 saturated carbocycles. The average molecular weight is 781 g/mol. The number of hydrogen-bond donors (Lipinski definition) is 0. The van der Waals surface area contributed by atoms with Crippen LogP contribution in [0.1, 0.15) is 0 Å². The van der Waals surface area contributed by atoms with E-state index in [0.29, 0.717) is 0 Å². The van der Waals surface area contributed by atoms with Crippen LogP contribution in [-0.2, 0) is 0 Å². The predicted octanol–water partition coefficient (Wildman–Crippen LogP) is 16.7. The number of hydrogen-bond acceptors (Lipinski definition) is 3. The first-order chi connectivity index (χ1) is 30.3. The Labute approximate surface area is 355 Å². The maximum Gasteiger partial charge on any atom is 0.143 e. The quantitative estimate of drug-likeness (QED) is 0.145. The summed E-state index contributed by atoms with van der Waals surface area (Å²) in [6.07, 6.45) is 0. The van der Waals surface area contributed by atoms with Crippen LogP contribution in [0.25, 0.3) is 66.1 Å². The molecule has 11 rings (SSSR count). The summed E-state index contributed by atoms with van der Waals surface area (Å²) in [4.78, 5) is 4.74. The van der Waals surface area contributed by atoms with Crippen LogP contribution < -0.4 is 9.80 Å². The molecule has 61 heavy (non-hydrogen) atoms. The van der Waals surface area contributed by atoms with Gasteiger partial charge in [0.25, 0.3) is 0 Å². The second kappa shape index (κ2) is 15.6. The van der Waals surface area contributed by atoms with Crippen LogP contribution >= 0.6 is 0 Å². The molecular weight excluding hydrogens is 741 g/mol.